The quantitative estimate of drug-likeness (QED) is 0.645. The number of carbonyl (C=O) groups excluding carboxylic acids is 2. The van der Waals surface area contributed by atoms with Crippen LogP contribution in [0.25, 0.3) is 10.8 Å². The fourth-order valence-corrected chi connectivity index (χ4v) is 4.21. The average molecular weight is 392 g/mol. The third-order valence-electron chi connectivity index (χ3n) is 5.76. The molecule has 2 aromatic rings. The Morgan fingerprint density at radius 1 is 1.24 bits per heavy atom. The van der Waals surface area contributed by atoms with Gasteiger partial charge in [0.15, 0.2) is 0 Å². The van der Waals surface area contributed by atoms with Crippen LogP contribution in [0.4, 0.5) is 0 Å². The number of aryl methyl sites for hydroxylation is 2. The van der Waals surface area contributed by atoms with Gasteiger partial charge < -0.3 is 20.5 Å². The number of amides is 2. The first-order valence-corrected chi connectivity index (χ1v) is 9.91. The molecule has 2 amide bonds. The summed E-state index contributed by atoms with van der Waals surface area (Å²) >= 11 is 0. The molecule has 0 aromatic heterocycles. The Morgan fingerprint density at radius 3 is 2.79 bits per heavy atom. The highest BCUT2D eigenvalue weighted by molar-refractivity contribution is 6.09. The lowest BCUT2D eigenvalue weighted by atomic mass is 9.99. The Kier molecular flexibility index (Phi) is 5.52. The fraction of sp³-hybridized carbons (Fsp3) is 0.391. The molecule has 6 heteroatoms. The van der Waals surface area contributed by atoms with E-state index in [1.54, 1.807) is 0 Å². The molecule has 1 heterocycles. The van der Waals surface area contributed by atoms with Crippen molar-refractivity contribution in [2.45, 2.75) is 31.4 Å². The number of hydrogen-bond donors (Lipinski definition) is 3. The molecule has 6 nitrogen and oxygen atoms in total. The van der Waals surface area contributed by atoms with E-state index >= 15 is 0 Å². The molecule has 0 bridgehead atoms. The number of benzene rings is 2. The number of nitrogens with one attached hydrogen (secondary N) is 2. The maximum absolute atomic E-state index is 12.8. The predicted octanol–water partition coefficient (Wildman–Crippen LogP) is 1.18. The summed E-state index contributed by atoms with van der Waals surface area (Å²) in [5.74, 6) is 1.62. The standard InChI is InChI=1S/C23H24N2O4/c1-2-17(12-26)25-22(27)16-10-18(29-13-16)11-24-23(28)20-9-8-15-7-6-14-4-3-5-19(20)21(14)15/h1,3-5,8-9,16-18,26H,6-7,10-13H2,(H,24,28)(H,25,27)/t16-,17?,18-/m0/s1. The van der Waals surface area contributed by atoms with Gasteiger partial charge in [0.05, 0.1) is 25.2 Å². The molecule has 2 aliphatic rings. The SMILES string of the molecule is C#CC(CO)NC(=O)[C@@H]1CO[C@H](CNC(=O)c2ccc3c4c(cccc24)CC3)C1. The van der Waals surface area contributed by atoms with Crippen molar-refractivity contribution in [3.63, 3.8) is 0 Å². The normalized spacial score (nSPS) is 21.0. The van der Waals surface area contributed by atoms with Crippen molar-refractivity contribution in [2.24, 2.45) is 5.92 Å². The van der Waals surface area contributed by atoms with Gasteiger partial charge in [0, 0.05) is 12.1 Å². The van der Waals surface area contributed by atoms with Crippen LogP contribution in [0.1, 0.15) is 27.9 Å². The number of aliphatic hydroxyl groups is 1. The third kappa shape index (κ3) is 3.84. The summed E-state index contributed by atoms with van der Waals surface area (Å²) in [6, 6.07) is 9.37. The Balaban J connectivity index is 1.36. The van der Waals surface area contributed by atoms with Gasteiger partial charge in [-0.15, -0.1) is 6.42 Å². The van der Waals surface area contributed by atoms with Crippen LogP contribution in [-0.2, 0) is 22.4 Å². The molecule has 150 valence electrons. The smallest absolute Gasteiger partial charge is 0.252 e. The second kappa shape index (κ2) is 8.24. The van der Waals surface area contributed by atoms with Gasteiger partial charge in [-0.3, -0.25) is 9.59 Å². The zero-order valence-corrected chi connectivity index (χ0v) is 16.1. The van der Waals surface area contributed by atoms with Crippen molar-refractivity contribution in [3.05, 3.63) is 47.0 Å². The monoisotopic (exact) mass is 392 g/mol. The number of aliphatic hydroxyl groups excluding tert-OH is 1. The predicted molar refractivity (Wildman–Crippen MR) is 109 cm³/mol. The van der Waals surface area contributed by atoms with Crippen LogP contribution in [-0.4, -0.2) is 48.8 Å². The Morgan fingerprint density at radius 2 is 2.03 bits per heavy atom. The zero-order chi connectivity index (χ0) is 20.4. The number of rotatable bonds is 6. The first-order valence-electron chi connectivity index (χ1n) is 9.91. The van der Waals surface area contributed by atoms with Crippen molar-refractivity contribution >= 4 is 22.6 Å². The third-order valence-corrected chi connectivity index (χ3v) is 5.76. The lowest BCUT2D eigenvalue weighted by Gasteiger charge is -2.14. The molecule has 29 heavy (non-hydrogen) atoms. The highest BCUT2D eigenvalue weighted by Gasteiger charge is 2.32. The number of hydrogen-bond acceptors (Lipinski definition) is 4. The Bertz CT molecular complexity index is 984. The van der Waals surface area contributed by atoms with Gasteiger partial charge in [-0.05, 0) is 47.2 Å². The van der Waals surface area contributed by atoms with Crippen LogP contribution in [0.15, 0.2) is 30.3 Å². The van der Waals surface area contributed by atoms with E-state index in [1.807, 2.05) is 24.3 Å². The summed E-state index contributed by atoms with van der Waals surface area (Å²) in [6.07, 6.45) is 7.56. The second-order valence-electron chi connectivity index (χ2n) is 7.62. The van der Waals surface area contributed by atoms with Gasteiger partial charge in [0.2, 0.25) is 5.91 Å². The molecule has 1 fully saturated rings. The van der Waals surface area contributed by atoms with Crippen LogP contribution in [0, 0.1) is 18.3 Å². The molecule has 0 radical (unpaired) electrons. The van der Waals surface area contributed by atoms with Crippen molar-refractivity contribution in [1.29, 1.82) is 0 Å². The highest BCUT2D eigenvalue weighted by atomic mass is 16.5. The van der Waals surface area contributed by atoms with E-state index in [4.69, 9.17) is 16.3 Å². The number of carbonyl (C=O) groups is 2. The molecule has 1 aliphatic heterocycles. The minimum Gasteiger partial charge on any atom is -0.393 e. The molecular weight excluding hydrogens is 368 g/mol. The van der Waals surface area contributed by atoms with Crippen molar-refractivity contribution in [2.75, 3.05) is 19.8 Å². The van der Waals surface area contributed by atoms with Gasteiger partial charge in [-0.25, -0.2) is 0 Å². The van der Waals surface area contributed by atoms with Gasteiger partial charge in [0.1, 0.15) is 6.04 Å². The maximum Gasteiger partial charge on any atom is 0.252 e. The molecule has 3 N–H and O–H groups in total. The molecular formula is C23H24N2O4. The topological polar surface area (TPSA) is 87.7 Å². The maximum atomic E-state index is 12.8. The number of terminal acetylenes is 1. The molecule has 0 saturated carbocycles. The molecule has 1 saturated heterocycles. The largest absolute Gasteiger partial charge is 0.393 e. The van der Waals surface area contributed by atoms with Crippen LogP contribution < -0.4 is 10.6 Å². The van der Waals surface area contributed by atoms with E-state index in [9.17, 15) is 9.59 Å². The van der Waals surface area contributed by atoms with Crippen molar-refractivity contribution in [3.8, 4) is 12.3 Å². The summed E-state index contributed by atoms with van der Waals surface area (Å²) < 4.78 is 5.67. The first-order chi connectivity index (χ1) is 14.1. The van der Waals surface area contributed by atoms with Crippen molar-refractivity contribution < 1.29 is 19.4 Å². The summed E-state index contributed by atoms with van der Waals surface area (Å²) in [4.78, 5) is 25.0. The minimum atomic E-state index is -0.690. The molecule has 0 spiro atoms. The Labute approximate surface area is 169 Å². The van der Waals surface area contributed by atoms with Crippen LogP contribution in [0.2, 0.25) is 0 Å². The average Bonchev–Trinajstić information content (AvgIpc) is 3.39. The van der Waals surface area contributed by atoms with Gasteiger partial charge >= 0.3 is 0 Å². The second-order valence-corrected chi connectivity index (χ2v) is 7.62. The molecule has 1 aliphatic carbocycles. The van der Waals surface area contributed by atoms with E-state index in [1.165, 1.54) is 16.5 Å². The lowest BCUT2D eigenvalue weighted by molar-refractivity contribution is -0.125. The fourth-order valence-electron chi connectivity index (χ4n) is 4.21. The summed E-state index contributed by atoms with van der Waals surface area (Å²) in [7, 11) is 0. The highest BCUT2D eigenvalue weighted by Crippen LogP contribution is 2.32. The van der Waals surface area contributed by atoms with E-state index in [2.05, 4.69) is 22.6 Å². The van der Waals surface area contributed by atoms with Crippen LogP contribution >= 0.6 is 0 Å². The van der Waals surface area contributed by atoms with Crippen LogP contribution in [0.3, 0.4) is 0 Å². The lowest BCUT2D eigenvalue weighted by Crippen LogP contribution is -2.40. The molecule has 2 aromatic carbocycles. The first kappa shape index (κ1) is 19.4. The summed E-state index contributed by atoms with van der Waals surface area (Å²) in [5, 5.41) is 16.9. The molecule has 4 rings (SSSR count). The minimum absolute atomic E-state index is 0.134. The van der Waals surface area contributed by atoms with E-state index in [0.717, 1.165) is 18.2 Å². The van der Waals surface area contributed by atoms with Gasteiger partial charge in [-0.2, -0.15) is 0 Å². The molecule has 3 atom stereocenters. The molecule has 1 unspecified atom stereocenters. The summed E-state index contributed by atoms with van der Waals surface area (Å²) in [5.41, 5.74) is 3.26. The van der Waals surface area contributed by atoms with Crippen LogP contribution in [0.5, 0.6) is 0 Å². The van der Waals surface area contributed by atoms with E-state index in [-0.39, 0.29) is 37.0 Å². The Hall–Kier alpha value is -2.88. The summed E-state index contributed by atoms with van der Waals surface area (Å²) in [6.45, 7) is 0.309. The van der Waals surface area contributed by atoms with E-state index in [0.29, 0.717) is 18.5 Å². The van der Waals surface area contributed by atoms with E-state index < -0.39 is 6.04 Å². The van der Waals surface area contributed by atoms with Crippen molar-refractivity contribution in [1.82, 2.24) is 10.6 Å². The van der Waals surface area contributed by atoms with Gasteiger partial charge in [0.25, 0.3) is 5.91 Å². The number of ether oxygens (including phenoxy) is 1. The zero-order valence-electron chi connectivity index (χ0n) is 16.1. The van der Waals surface area contributed by atoms with Gasteiger partial charge in [-0.1, -0.05) is 30.2 Å².